The van der Waals surface area contributed by atoms with Crippen LogP contribution in [0.4, 0.5) is 10.1 Å². The number of halogens is 1. The Morgan fingerprint density at radius 2 is 1.82 bits per heavy atom. The Hall–Kier alpha value is -2.20. The van der Waals surface area contributed by atoms with Crippen molar-refractivity contribution in [1.82, 2.24) is 4.90 Å². The van der Waals surface area contributed by atoms with Crippen LogP contribution in [0.3, 0.4) is 0 Å². The smallest absolute Gasteiger partial charge is 0.244 e. The molecule has 0 aliphatic carbocycles. The fourth-order valence-electron chi connectivity index (χ4n) is 2.93. The van der Waals surface area contributed by atoms with E-state index in [1.807, 2.05) is 47.2 Å². The third-order valence-electron chi connectivity index (χ3n) is 4.12. The maximum Gasteiger partial charge on any atom is 0.244 e. The van der Waals surface area contributed by atoms with Gasteiger partial charge in [0.05, 0.1) is 6.04 Å². The molecule has 0 spiro atoms. The molecule has 4 heteroatoms. The van der Waals surface area contributed by atoms with Crippen molar-refractivity contribution in [3.05, 3.63) is 66.0 Å². The zero-order valence-corrected chi connectivity index (χ0v) is 12.6. The Morgan fingerprint density at radius 3 is 2.50 bits per heavy atom. The molecule has 0 bridgehead atoms. The Balaban J connectivity index is 1.68. The van der Waals surface area contributed by atoms with Crippen molar-refractivity contribution in [2.75, 3.05) is 18.5 Å². The molecule has 2 aromatic carbocycles. The first-order valence-electron chi connectivity index (χ1n) is 7.46. The lowest BCUT2D eigenvalue weighted by Gasteiger charge is -2.24. The molecule has 1 heterocycles. The minimum absolute atomic E-state index is 0.120. The molecule has 1 fully saturated rings. The predicted octanol–water partition coefficient (Wildman–Crippen LogP) is 3.06. The van der Waals surface area contributed by atoms with E-state index in [2.05, 4.69) is 0 Å². The Labute approximate surface area is 130 Å². The number of carbonyl (C=O) groups is 1. The summed E-state index contributed by atoms with van der Waals surface area (Å²) in [6, 6.07) is 16.1. The minimum Gasteiger partial charge on any atom is -0.311 e. The van der Waals surface area contributed by atoms with Crippen LogP contribution in [-0.4, -0.2) is 30.4 Å². The maximum absolute atomic E-state index is 13.0. The van der Waals surface area contributed by atoms with Crippen LogP contribution in [0.1, 0.15) is 12.0 Å². The first-order chi connectivity index (χ1) is 10.6. The number of likely N-dealkylation sites (N-methyl/N-ethyl adjacent to an activating group) is 1. The van der Waals surface area contributed by atoms with Crippen LogP contribution in [0.2, 0.25) is 0 Å². The predicted molar refractivity (Wildman–Crippen MR) is 85.1 cm³/mol. The van der Waals surface area contributed by atoms with Crippen LogP contribution in [-0.2, 0) is 11.3 Å². The lowest BCUT2D eigenvalue weighted by atomic mass is 10.1. The highest BCUT2D eigenvalue weighted by Crippen LogP contribution is 2.24. The van der Waals surface area contributed by atoms with E-state index in [4.69, 9.17) is 0 Å². The van der Waals surface area contributed by atoms with E-state index in [0.717, 1.165) is 24.2 Å². The molecule has 1 amide bonds. The van der Waals surface area contributed by atoms with Gasteiger partial charge in [-0.05, 0) is 43.3 Å². The van der Waals surface area contributed by atoms with E-state index in [1.165, 1.54) is 12.1 Å². The molecule has 114 valence electrons. The zero-order valence-electron chi connectivity index (χ0n) is 12.6. The molecule has 0 aromatic heterocycles. The average Bonchev–Trinajstić information content (AvgIpc) is 2.92. The lowest BCUT2D eigenvalue weighted by Crippen LogP contribution is -2.39. The third-order valence-corrected chi connectivity index (χ3v) is 4.12. The monoisotopic (exact) mass is 298 g/mol. The maximum atomic E-state index is 13.0. The van der Waals surface area contributed by atoms with Gasteiger partial charge in [-0.25, -0.2) is 4.39 Å². The van der Waals surface area contributed by atoms with Gasteiger partial charge in [0.2, 0.25) is 5.91 Å². The van der Waals surface area contributed by atoms with Crippen LogP contribution in [0.15, 0.2) is 54.6 Å². The summed E-state index contributed by atoms with van der Waals surface area (Å²) in [6.45, 7) is 1.38. The molecule has 2 aromatic rings. The standard InChI is InChI=1S/C18H19FN2O/c1-20(13-14-7-9-15(19)10-8-14)17-11-12-21(18(17)22)16-5-3-2-4-6-16/h2-10,17H,11-13H2,1H3. The molecular weight excluding hydrogens is 279 g/mol. The van der Waals surface area contributed by atoms with E-state index >= 15 is 0 Å². The first-order valence-corrected chi connectivity index (χ1v) is 7.46. The summed E-state index contributed by atoms with van der Waals surface area (Å²) >= 11 is 0. The number of carbonyl (C=O) groups excluding carboxylic acids is 1. The molecular formula is C18H19FN2O. The highest BCUT2D eigenvalue weighted by Gasteiger charge is 2.34. The SMILES string of the molecule is CN(Cc1ccc(F)cc1)C1CCN(c2ccccc2)C1=O. The topological polar surface area (TPSA) is 23.6 Å². The van der Waals surface area contributed by atoms with Crippen LogP contribution >= 0.6 is 0 Å². The molecule has 1 unspecified atom stereocenters. The summed E-state index contributed by atoms with van der Waals surface area (Å²) < 4.78 is 13.0. The summed E-state index contributed by atoms with van der Waals surface area (Å²) in [5, 5.41) is 0. The van der Waals surface area contributed by atoms with Crippen molar-refractivity contribution in [3.8, 4) is 0 Å². The third kappa shape index (κ3) is 3.02. The highest BCUT2D eigenvalue weighted by atomic mass is 19.1. The van der Waals surface area contributed by atoms with Crippen molar-refractivity contribution < 1.29 is 9.18 Å². The van der Waals surface area contributed by atoms with Crippen LogP contribution < -0.4 is 4.90 Å². The van der Waals surface area contributed by atoms with Gasteiger partial charge in [0.1, 0.15) is 5.82 Å². The number of anilines is 1. The summed E-state index contributed by atoms with van der Waals surface area (Å²) in [4.78, 5) is 16.5. The van der Waals surface area contributed by atoms with Gasteiger partial charge >= 0.3 is 0 Å². The van der Waals surface area contributed by atoms with Gasteiger partial charge in [-0.1, -0.05) is 30.3 Å². The lowest BCUT2D eigenvalue weighted by molar-refractivity contribution is -0.121. The second kappa shape index (κ2) is 6.28. The first kappa shape index (κ1) is 14.7. The van der Waals surface area contributed by atoms with E-state index in [1.54, 1.807) is 12.1 Å². The molecule has 1 saturated heterocycles. The molecule has 1 aliphatic rings. The second-order valence-electron chi connectivity index (χ2n) is 5.67. The van der Waals surface area contributed by atoms with Crippen LogP contribution in [0.25, 0.3) is 0 Å². The molecule has 0 N–H and O–H groups in total. The molecule has 1 aliphatic heterocycles. The quantitative estimate of drug-likeness (QED) is 0.866. The van der Waals surface area contributed by atoms with Gasteiger partial charge in [0.15, 0.2) is 0 Å². The fraction of sp³-hybridized carbons (Fsp3) is 0.278. The van der Waals surface area contributed by atoms with E-state index in [0.29, 0.717) is 6.54 Å². The number of hydrogen-bond acceptors (Lipinski definition) is 2. The van der Waals surface area contributed by atoms with Gasteiger partial charge < -0.3 is 4.90 Å². The summed E-state index contributed by atoms with van der Waals surface area (Å²) in [7, 11) is 1.94. The Bertz CT molecular complexity index is 642. The van der Waals surface area contributed by atoms with Crippen molar-refractivity contribution >= 4 is 11.6 Å². The Morgan fingerprint density at radius 1 is 1.14 bits per heavy atom. The number of para-hydroxylation sites is 1. The number of rotatable bonds is 4. The van der Waals surface area contributed by atoms with Crippen molar-refractivity contribution in [3.63, 3.8) is 0 Å². The Kier molecular flexibility index (Phi) is 4.20. The van der Waals surface area contributed by atoms with Crippen LogP contribution in [0.5, 0.6) is 0 Å². The summed E-state index contributed by atoms with van der Waals surface area (Å²) in [5.41, 5.74) is 1.96. The van der Waals surface area contributed by atoms with Gasteiger partial charge in [0.25, 0.3) is 0 Å². The van der Waals surface area contributed by atoms with E-state index in [9.17, 15) is 9.18 Å². The number of benzene rings is 2. The van der Waals surface area contributed by atoms with Gasteiger partial charge in [-0.15, -0.1) is 0 Å². The molecule has 22 heavy (non-hydrogen) atoms. The largest absolute Gasteiger partial charge is 0.311 e. The molecule has 3 rings (SSSR count). The second-order valence-corrected chi connectivity index (χ2v) is 5.67. The summed E-state index contributed by atoms with van der Waals surface area (Å²) in [5.74, 6) is -0.102. The van der Waals surface area contributed by atoms with Crippen molar-refractivity contribution in [2.24, 2.45) is 0 Å². The number of hydrogen-bond donors (Lipinski definition) is 0. The van der Waals surface area contributed by atoms with Crippen LogP contribution in [0, 0.1) is 5.82 Å². The van der Waals surface area contributed by atoms with Gasteiger partial charge in [0, 0.05) is 18.8 Å². The molecule has 3 nitrogen and oxygen atoms in total. The van der Waals surface area contributed by atoms with E-state index in [-0.39, 0.29) is 17.8 Å². The number of nitrogens with zero attached hydrogens (tertiary/aromatic N) is 2. The normalized spacial score (nSPS) is 18.2. The molecule has 0 radical (unpaired) electrons. The highest BCUT2D eigenvalue weighted by molar-refractivity contribution is 5.99. The fourth-order valence-corrected chi connectivity index (χ4v) is 2.93. The van der Waals surface area contributed by atoms with Gasteiger partial charge in [-0.3, -0.25) is 9.69 Å². The molecule has 0 saturated carbocycles. The minimum atomic E-state index is -0.237. The van der Waals surface area contributed by atoms with Crippen molar-refractivity contribution in [1.29, 1.82) is 0 Å². The summed E-state index contributed by atoms with van der Waals surface area (Å²) in [6.07, 6.45) is 0.811. The zero-order chi connectivity index (χ0) is 15.5. The van der Waals surface area contributed by atoms with E-state index < -0.39 is 0 Å². The average molecular weight is 298 g/mol. The molecule has 1 atom stereocenters. The number of amides is 1. The van der Waals surface area contributed by atoms with Gasteiger partial charge in [-0.2, -0.15) is 0 Å². The van der Waals surface area contributed by atoms with Crippen molar-refractivity contribution in [2.45, 2.75) is 19.0 Å².